The Hall–Kier alpha value is -1.85. The van der Waals surface area contributed by atoms with Crippen molar-refractivity contribution in [2.45, 2.75) is 52.5 Å². The van der Waals surface area contributed by atoms with Crippen LogP contribution in [-0.2, 0) is 16.6 Å². The van der Waals surface area contributed by atoms with Crippen molar-refractivity contribution in [1.29, 1.82) is 0 Å². The van der Waals surface area contributed by atoms with Crippen LogP contribution in [0.2, 0.25) is 0 Å². The first-order valence-electron chi connectivity index (χ1n) is 9.24. The van der Waals surface area contributed by atoms with Crippen LogP contribution in [0.5, 0.6) is 0 Å². The smallest absolute Gasteiger partial charge is 0.223 e. The molecule has 2 fully saturated rings. The van der Waals surface area contributed by atoms with Crippen LogP contribution in [0.15, 0.2) is 6.20 Å². The number of carbonyl (C=O) groups excluding carboxylic acids is 2. The van der Waals surface area contributed by atoms with Crippen LogP contribution < -0.4 is 5.32 Å². The van der Waals surface area contributed by atoms with Crippen LogP contribution in [0.1, 0.15) is 56.8 Å². The molecule has 2 amide bonds. The Morgan fingerprint density at radius 2 is 2.12 bits per heavy atom. The molecule has 0 radical (unpaired) electrons. The van der Waals surface area contributed by atoms with Gasteiger partial charge in [-0.3, -0.25) is 14.3 Å². The van der Waals surface area contributed by atoms with Crippen molar-refractivity contribution in [3.63, 3.8) is 0 Å². The molecular formula is C19H30N4O2. The van der Waals surface area contributed by atoms with E-state index in [1.54, 1.807) is 4.90 Å². The Bertz CT molecular complexity index is 679. The lowest BCUT2D eigenvalue weighted by Gasteiger charge is -2.28. The van der Waals surface area contributed by atoms with Gasteiger partial charge in [0.2, 0.25) is 11.8 Å². The van der Waals surface area contributed by atoms with Crippen molar-refractivity contribution in [2.75, 3.05) is 13.6 Å². The summed E-state index contributed by atoms with van der Waals surface area (Å²) in [7, 11) is 3.76. The molecule has 1 saturated heterocycles. The van der Waals surface area contributed by atoms with E-state index in [4.69, 9.17) is 0 Å². The van der Waals surface area contributed by atoms with Gasteiger partial charge in [-0.15, -0.1) is 0 Å². The first-order valence-corrected chi connectivity index (χ1v) is 9.24. The normalized spacial score (nSPS) is 28.6. The predicted octanol–water partition coefficient (Wildman–Crippen LogP) is 2.19. The number of aromatic nitrogens is 2. The number of hydrogen-bond donors (Lipinski definition) is 1. The summed E-state index contributed by atoms with van der Waals surface area (Å²) in [4.78, 5) is 26.8. The van der Waals surface area contributed by atoms with Gasteiger partial charge in [-0.1, -0.05) is 20.3 Å². The average molecular weight is 346 g/mol. The Balaban J connectivity index is 1.71. The molecule has 3 atom stereocenters. The lowest BCUT2D eigenvalue weighted by atomic mass is 9.81. The average Bonchev–Trinajstić information content (AvgIpc) is 3.16. The van der Waals surface area contributed by atoms with E-state index in [2.05, 4.69) is 24.3 Å². The van der Waals surface area contributed by atoms with Gasteiger partial charge in [0, 0.05) is 50.2 Å². The van der Waals surface area contributed by atoms with E-state index in [-0.39, 0.29) is 35.1 Å². The molecule has 0 spiro atoms. The molecule has 2 aliphatic rings. The van der Waals surface area contributed by atoms with E-state index in [9.17, 15) is 9.59 Å². The fourth-order valence-corrected chi connectivity index (χ4v) is 4.57. The Morgan fingerprint density at radius 1 is 1.40 bits per heavy atom. The highest BCUT2D eigenvalue weighted by atomic mass is 16.2. The summed E-state index contributed by atoms with van der Waals surface area (Å²) >= 11 is 0. The van der Waals surface area contributed by atoms with Gasteiger partial charge in [-0.05, 0) is 25.2 Å². The zero-order chi connectivity index (χ0) is 18.4. The third kappa shape index (κ3) is 3.18. The number of nitrogens with one attached hydrogen (secondary N) is 1. The first-order chi connectivity index (χ1) is 11.7. The van der Waals surface area contributed by atoms with E-state index in [1.807, 2.05) is 31.9 Å². The second kappa shape index (κ2) is 6.46. The van der Waals surface area contributed by atoms with Crippen molar-refractivity contribution in [2.24, 2.45) is 24.3 Å². The summed E-state index contributed by atoms with van der Waals surface area (Å²) < 4.78 is 1.84. The quantitative estimate of drug-likeness (QED) is 0.909. The van der Waals surface area contributed by atoms with Crippen molar-refractivity contribution in [3.8, 4) is 0 Å². The molecule has 1 unspecified atom stereocenters. The number of aryl methyl sites for hydroxylation is 1. The van der Waals surface area contributed by atoms with Crippen LogP contribution in [0.3, 0.4) is 0 Å². The summed E-state index contributed by atoms with van der Waals surface area (Å²) in [6, 6.07) is -0.0157. The van der Waals surface area contributed by atoms with Crippen molar-refractivity contribution in [3.05, 3.63) is 17.5 Å². The molecule has 1 N–H and O–H groups in total. The largest absolute Gasteiger partial charge is 0.355 e. The van der Waals surface area contributed by atoms with Gasteiger partial charge in [0.05, 0.1) is 12.2 Å². The molecule has 138 valence electrons. The van der Waals surface area contributed by atoms with Gasteiger partial charge in [-0.2, -0.15) is 5.10 Å². The monoisotopic (exact) mass is 346 g/mol. The van der Waals surface area contributed by atoms with Gasteiger partial charge >= 0.3 is 0 Å². The van der Waals surface area contributed by atoms with Crippen LogP contribution in [0, 0.1) is 24.2 Å². The second-order valence-electron chi connectivity index (χ2n) is 8.40. The maximum Gasteiger partial charge on any atom is 0.223 e. The van der Waals surface area contributed by atoms with Crippen LogP contribution in [0.4, 0.5) is 0 Å². The minimum atomic E-state index is -0.0157. The molecule has 0 bridgehead atoms. The maximum atomic E-state index is 12.7. The Morgan fingerprint density at radius 3 is 2.68 bits per heavy atom. The summed E-state index contributed by atoms with van der Waals surface area (Å²) in [5.41, 5.74) is 2.22. The Labute approximate surface area is 149 Å². The van der Waals surface area contributed by atoms with Crippen molar-refractivity contribution >= 4 is 11.8 Å². The molecule has 1 aliphatic carbocycles. The zero-order valence-corrected chi connectivity index (χ0v) is 16.0. The van der Waals surface area contributed by atoms with Gasteiger partial charge in [0.25, 0.3) is 0 Å². The van der Waals surface area contributed by atoms with Gasteiger partial charge in [0.15, 0.2) is 0 Å². The SMILES string of the molecule is Cc1c([C@@H]2[C@@H](CNC(=O)C3CCCC3(C)C)CC(=O)N2C)cnn1C. The molecule has 1 aromatic rings. The fourth-order valence-electron chi connectivity index (χ4n) is 4.57. The van der Waals surface area contributed by atoms with E-state index >= 15 is 0 Å². The van der Waals surface area contributed by atoms with E-state index in [0.717, 1.165) is 30.5 Å². The third-order valence-electron chi connectivity index (χ3n) is 6.40. The summed E-state index contributed by atoms with van der Waals surface area (Å²) in [5, 5.41) is 7.47. The lowest BCUT2D eigenvalue weighted by molar-refractivity contribution is -0.128. The van der Waals surface area contributed by atoms with Crippen LogP contribution >= 0.6 is 0 Å². The molecule has 25 heavy (non-hydrogen) atoms. The van der Waals surface area contributed by atoms with Crippen molar-refractivity contribution < 1.29 is 9.59 Å². The number of likely N-dealkylation sites (tertiary alicyclic amines) is 1. The molecule has 3 rings (SSSR count). The number of amides is 2. The maximum absolute atomic E-state index is 12.7. The molecule has 6 nitrogen and oxygen atoms in total. The molecular weight excluding hydrogens is 316 g/mol. The molecule has 6 heteroatoms. The van der Waals surface area contributed by atoms with Crippen LogP contribution in [0.25, 0.3) is 0 Å². The van der Waals surface area contributed by atoms with Gasteiger partial charge in [0.1, 0.15) is 0 Å². The number of rotatable bonds is 4. The molecule has 1 aromatic heterocycles. The molecule has 0 aromatic carbocycles. The highest BCUT2D eigenvalue weighted by Gasteiger charge is 2.42. The Kier molecular flexibility index (Phi) is 4.64. The second-order valence-corrected chi connectivity index (χ2v) is 8.40. The third-order valence-corrected chi connectivity index (χ3v) is 6.40. The first kappa shape index (κ1) is 18.0. The topological polar surface area (TPSA) is 67.2 Å². The summed E-state index contributed by atoms with van der Waals surface area (Å²) in [6.45, 7) is 6.92. The summed E-state index contributed by atoms with van der Waals surface area (Å²) in [6.07, 6.45) is 5.52. The number of hydrogen-bond acceptors (Lipinski definition) is 3. The molecule has 2 heterocycles. The minimum Gasteiger partial charge on any atom is -0.355 e. The standard InChI is InChI=1S/C19H30N4O2/c1-12-14(11-21-23(12)5)17-13(9-16(24)22(17)4)10-20-18(25)15-7-6-8-19(15,2)3/h11,13,15,17H,6-10H2,1-5H3,(H,20,25)/t13-,15?,17+/m1/s1. The highest BCUT2D eigenvalue weighted by Crippen LogP contribution is 2.43. The summed E-state index contributed by atoms with van der Waals surface area (Å²) in [5.74, 6) is 0.453. The van der Waals surface area contributed by atoms with Gasteiger partial charge < -0.3 is 10.2 Å². The molecule has 1 saturated carbocycles. The van der Waals surface area contributed by atoms with E-state index < -0.39 is 0 Å². The highest BCUT2D eigenvalue weighted by molar-refractivity contribution is 5.81. The number of nitrogens with zero attached hydrogens (tertiary/aromatic N) is 3. The minimum absolute atomic E-state index is 0.0157. The van der Waals surface area contributed by atoms with Gasteiger partial charge in [-0.25, -0.2) is 0 Å². The molecule has 1 aliphatic heterocycles. The number of carbonyl (C=O) groups is 2. The lowest BCUT2D eigenvalue weighted by Crippen LogP contribution is -2.39. The van der Waals surface area contributed by atoms with Crippen molar-refractivity contribution in [1.82, 2.24) is 20.0 Å². The fraction of sp³-hybridized carbons (Fsp3) is 0.737. The zero-order valence-electron chi connectivity index (χ0n) is 16.0. The van der Waals surface area contributed by atoms with E-state index in [0.29, 0.717) is 13.0 Å². The predicted molar refractivity (Wildman–Crippen MR) is 95.7 cm³/mol. The van der Waals surface area contributed by atoms with Crippen LogP contribution in [-0.4, -0.2) is 40.1 Å². The van der Waals surface area contributed by atoms with E-state index in [1.165, 1.54) is 0 Å².